The van der Waals surface area contributed by atoms with Crippen LogP contribution in [0.3, 0.4) is 0 Å². The smallest absolute Gasteiger partial charge is 0.460 e. The number of rotatable bonds is 11. The Morgan fingerprint density at radius 1 is 0.471 bits per heavy atom. The molecule has 0 atom stereocenters. The summed E-state index contributed by atoms with van der Waals surface area (Å²) in [5.74, 6) is -0.709. The predicted octanol–water partition coefficient (Wildman–Crippen LogP) is 7.71. The van der Waals surface area contributed by atoms with Gasteiger partial charge in [-0.1, -0.05) is 60.7 Å². The molecule has 0 fully saturated rings. The van der Waals surface area contributed by atoms with Gasteiger partial charge in [-0.15, -0.1) is 0 Å². The molecule has 0 spiro atoms. The summed E-state index contributed by atoms with van der Waals surface area (Å²) in [6, 6.07) is 14.0. The Bertz CT molecular complexity index is 2060. The van der Waals surface area contributed by atoms with Crippen molar-refractivity contribution in [2.24, 2.45) is 0 Å². The molecule has 51 heavy (non-hydrogen) atoms. The minimum Gasteiger partial charge on any atom is -0.508 e. The van der Waals surface area contributed by atoms with Crippen LogP contribution in [-0.4, -0.2) is 60.5 Å². The van der Waals surface area contributed by atoms with Crippen LogP contribution in [0.15, 0.2) is 102 Å². The maximum absolute atomic E-state index is 15.2. The Morgan fingerprint density at radius 3 is 1.12 bits per heavy atom. The Labute approximate surface area is 280 Å². The average Bonchev–Trinajstić information content (AvgIpc) is 3.01. The number of hydrogen-bond donors (Lipinski definition) is 3. The van der Waals surface area contributed by atoms with Gasteiger partial charge in [0.25, 0.3) is 9.84 Å². The molecule has 0 saturated carbocycles. The van der Waals surface area contributed by atoms with E-state index in [4.69, 9.17) is 4.55 Å². The Hall–Kier alpha value is -4.47. The lowest BCUT2D eigenvalue weighted by Crippen LogP contribution is -2.57. The molecule has 0 aromatic heterocycles. The Kier molecular flexibility index (Phi) is 9.74. The normalized spacial score (nSPS) is 14.0. The molecule has 21 heteroatoms. The van der Waals surface area contributed by atoms with Crippen LogP contribution in [0.5, 0.6) is 11.5 Å². The van der Waals surface area contributed by atoms with Crippen LogP contribution in [0.25, 0.3) is 11.1 Å². The molecular formula is C30H19F11O8S2. The highest BCUT2D eigenvalue weighted by Crippen LogP contribution is 2.52. The van der Waals surface area contributed by atoms with Crippen LogP contribution in [0.2, 0.25) is 0 Å². The molecule has 276 valence electrons. The van der Waals surface area contributed by atoms with Crippen molar-refractivity contribution in [3.05, 3.63) is 114 Å². The van der Waals surface area contributed by atoms with Gasteiger partial charge in [0.05, 0.1) is 4.90 Å². The Morgan fingerprint density at radius 2 is 0.784 bits per heavy atom. The number of ether oxygens (including phenoxy) is 1. The van der Waals surface area contributed by atoms with E-state index in [1.807, 2.05) is 4.74 Å². The molecule has 0 radical (unpaired) electrons. The molecule has 0 unspecified atom stereocenters. The second-order valence-corrected chi connectivity index (χ2v) is 14.0. The summed E-state index contributed by atoms with van der Waals surface area (Å²) in [5, 5.41) is 5.69. The number of aromatic hydroxyl groups is 2. The highest BCUT2D eigenvalue weighted by Gasteiger charge is 2.77. The zero-order chi connectivity index (χ0) is 38.6. The summed E-state index contributed by atoms with van der Waals surface area (Å²) >= 11 is 0. The van der Waals surface area contributed by atoms with Gasteiger partial charge < -0.3 is 10.2 Å². The van der Waals surface area contributed by atoms with Gasteiger partial charge in [-0.2, -0.15) is 56.7 Å². The maximum atomic E-state index is 15.2. The summed E-state index contributed by atoms with van der Waals surface area (Å²) in [6.45, 7) is 0. The molecule has 4 aromatic rings. The van der Waals surface area contributed by atoms with Gasteiger partial charge in [-0.05, 0) is 64.2 Å². The van der Waals surface area contributed by atoms with Gasteiger partial charge in [0.15, 0.2) is 0 Å². The lowest BCUT2D eigenvalue weighted by Gasteiger charge is -2.37. The lowest BCUT2D eigenvalue weighted by molar-refractivity contribution is -0.442. The van der Waals surface area contributed by atoms with Crippen LogP contribution in [0.4, 0.5) is 48.3 Å². The standard InChI is InChI=1S/C30H19F11O8S2/c31-26(32,33)25(20-7-11-22(42)12-8-20,21-9-13-23(43)14-10-21)19-5-1-17(2-6-19)18-3-15-24(16-4-18)50(44,45)29(38,39)27(34,35)49-28(36,37)30(40,41)51(46,47)48/h1-16,42-43H,(H,46,47,48). The monoisotopic (exact) mass is 780 g/mol. The van der Waals surface area contributed by atoms with Crippen molar-refractivity contribution in [1.82, 2.24) is 0 Å². The number of benzene rings is 4. The summed E-state index contributed by atoms with van der Waals surface area (Å²) in [6.07, 6.45) is -19.2. The van der Waals surface area contributed by atoms with E-state index < -0.39 is 64.7 Å². The van der Waals surface area contributed by atoms with Gasteiger partial charge in [-0.3, -0.25) is 4.55 Å². The van der Waals surface area contributed by atoms with E-state index in [1.54, 1.807) is 0 Å². The first-order valence-corrected chi connectivity index (χ1v) is 16.4. The molecule has 8 nitrogen and oxygen atoms in total. The molecule has 4 aromatic carbocycles. The van der Waals surface area contributed by atoms with Crippen molar-refractivity contribution < 1.29 is 84.6 Å². The second kappa shape index (κ2) is 12.6. The van der Waals surface area contributed by atoms with Gasteiger partial charge in [0.1, 0.15) is 16.9 Å². The highest BCUT2D eigenvalue weighted by atomic mass is 32.2. The quantitative estimate of drug-likeness (QED) is 0.0800. The lowest BCUT2D eigenvalue weighted by atomic mass is 9.68. The SMILES string of the molecule is O=S(=O)(O)C(F)(F)C(F)(F)OC(F)(F)C(F)(F)S(=O)(=O)c1ccc(-c2ccc(C(c3ccc(O)cc3)(c3ccc(O)cc3)C(F)(F)F)cc2)cc1. The molecule has 0 aliphatic heterocycles. The fourth-order valence-electron chi connectivity index (χ4n) is 4.89. The summed E-state index contributed by atoms with van der Waals surface area (Å²) in [5.41, 5.74) is -4.23. The van der Waals surface area contributed by atoms with Crippen molar-refractivity contribution in [3.63, 3.8) is 0 Å². The van der Waals surface area contributed by atoms with E-state index in [9.17, 15) is 62.2 Å². The van der Waals surface area contributed by atoms with E-state index in [2.05, 4.69) is 0 Å². The summed E-state index contributed by atoms with van der Waals surface area (Å²) < 4.78 is 212. The van der Waals surface area contributed by atoms with Crippen molar-refractivity contribution in [1.29, 1.82) is 0 Å². The zero-order valence-corrected chi connectivity index (χ0v) is 26.2. The molecule has 0 bridgehead atoms. The van der Waals surface area contributed by atoms with Crippen LogP contribution in [0.1, 0.15) is 16.7 Å². The number of alkyl halides is 11. The van der Waals surface area contributed by atoms with Gasteiger partial charge >= 0.3 is 39.0 Å². The van der Waals surface area contributed by atoms with Gasteiger partial charge in [0, 0.05) is 0 Å². The number of hydrogen-bond acceptors (Lipinski definition) is 7. The van der Waals surface area contributed by atoms with Crippen molar-refractivity contribution >= 4 is 20.0 Å². The third kappa shape index (κ3) is 6.58. The highest BCUT2D eigenvalue weighted by molar-refractivity contribution is 7.92. The molecule has 0 aliphatic rings. The zero-order valence-electron chi connectivity index (χ0n) is 24.6. The summed E-state index contributed by atoms with van der Waals surface area (Å²) in [4.78, 5) is -1.73. The van der Waals surface area contributed by atoms with Crippen molar-refractivity contribution in [3.8, 4) is 22.6 Å². The number of phenols is 2. The molecule has 0 aliphatic carbocycles. The number of halogens is 11. The maximum Gasteiger partial charge on any atom is 0.460 e. The largest absolute Gasteiger partial charge is 0.508 e. The average molecular weight is 781 g/mol. The third-order valence-electron chi connectivity index (χ3n) is 7.44. The first kappa shape index (κ1) is 39.3. The first-order chi connectivity index (χ1) is 23.1. The molecular weight excluding hydrogens is 761 g/mol. The van der Waals surface area contributed by atoms with E-state index in [1.165, 1.54) is 0 Å². The number of sulfone groups is 1. The van der Waals surface area contributed by atoms with Gasteiger partial charge in [0.2, 0.25) is 0 Å². The van der Waals surface area contributed by atoms with Gasteiger partial charge in [-0.25, -0.2) is 13.2 Å². The minimum atomic E-state index is -7.26. The molecule has 0 amide bonds. The minimum absolute atomic E-state index is 0.0114. The predicted molar refractivity (Wildman–Crippen MR) is 154 cm³/mol. The topological polar surface area (TPSA) is 138 Å². The van der Waals surface area contributed by atoms with Crippen LogP contribution < -0.4 is 0 Å². The van der Waals surface area contributed by atoms with E-state index in [-0.39, 0.29) is 45.9 Å². The summed E-state index contributed by atoms with van der Waals surface area (Å²) in [7, 11) is -14.1. The number of phenolic OH excluding ortho intramolecular Hbond substituents is 2. The van der Waals surface area contributed by atoms with Crippen molar-refractivity contribution in [2.45, 2.75) is 39.2 Å². The fraction of sp³-hybridized carbons (Fsp3) is 0.200. The first-order valence-electron chi connectivity index (χ1n) is 13.4. The van der Waals surface area contributed by atoms with Crippen LogP contribution >= 0.6 is 0 Å². The van der Waals surface area contributed by atoms with Crippen molar-refractivity contribution in [2.75, 3.05) is 0 Å². The van der Waals surface area contributed by atoms with E-state index >= 15 is 13.2 Å². The van der Waals surface area contributed by atoms with E-state index in [0.717, 1.165) is 72.8 Å². The van der Waals surface area contributed by atoms with Crippen LogP contribution in [0, 0.1) is 0 Å². The fourth-order valence-corrected chi connectivity index (χ4v) is 6.37. The second-order valence-electron chi connectivity index (χ2n) is 10.6. The Balaban J connectivity index is 1.73. The molecule has 4 rings (SSSR count). The molecule has 3 N–H and O–H groups in total. The molecule has 0 saturated heterocycles. The van der Waals surface area contributed by atoms with E-state index in [0.29, 0.717) is 12.1 Å². The third-order valence-corrected chi connectivity index (χ3v) is 10.1. The molecule has 0 heterocycles. The van der Waals surface area contributed by atoms with Crippen LogP contribution in [-0.2, 0) is 30.1 Å².